The molecule has 3 aromatic carbocycles. The Morgan fingerprint density at radius 1 is 1.05 bits per heavy atom. The summed E-state index contributed by atoms with van der Waals surface area (Å²) in [6.07, 6.45) is 0.786. The van der Waals surface area contributed by atoms with E-state index in [9.17, 15) is 9.59 Å². The molecule has 0 aliphatic carbocycles. The first-order valence-corrected chi connectivity index (χ1v) is 14.1. The molecule has 0 radical (unpaired) electrons. The van der Waals surface area contributed by atoms with E-state index in [1.807, 2.05) is 69.3 Å². The molecule has 0 saturated heterocycles. The normalized spacial score (nSPS) is 15.1. The first-order valence-electron chi connectivity index (χ1n) is 13.1. The van der Waals surface area contributed by atoms with Gasteiger partial charge in [0.05, 0.1) is 22.4 Å². The topological polar surface area (TPSA) is 67.2 Å². The number of amides is 2. The van der Waals surface area contributed by atoms with E-state index in [0.29, 0.717) is 29.2 Å². The highest BCUT2D eigenvalue weighted by atomic mass is 32.2. The molecule has 0 unspecified atom stereocenters. The highest BCUT2D eigenvalue weighted by Crippen LogP contribution is 2.49. The maximum atomic E-state index is 15.3. The van der Waals surface area contributed by atoms with Crippen LogP contribution in [0, 0.1) is 19.7 Å². The van der Waals surface area contributed by atoms with Gasteiger partial charge < -0.3 is 5.32 Å². The van der Waals surface area contributed by atoms with Gasteiger partial charge in [0.15, 0.2) is 0 Å². The van der Waals surface area contributed by atoms with E-state index >= 15 is 4.39 Å². The Kier molecular flexibility index (Phi) is 7.84. The van der Waals surface area contributed by atoms with Crippen molar-refractivity contribution in [1.82, 2.24) is 15.1 Å². The lowest BCUT2D eigenvalue weighted by Gasteiger charge is -2.24. The molecule has 200 valence electrons. The van der Waals surface area contributed by atoms with Crippen molar-refractivity contribution in [3.63, 3.8) is 0 Å². The van der Waals surface area contributed by atoms with Crippen molar-refractivity contribution in [3.8, 4) is 16.9 Å². The lowest BCUT2D eigenvalue weighted by Crippen LogP contribution is -2.42. The molecule has 0 saturated carbocycles. The molecule has 0 spiro atoms. The van der Waals surface area contributed by atoms with E-state index in [-0.39, 0.29) is 29.9 Å². The highest BCUT2D eigenvalue weighted by molar-refractivity contribution is 8.00. The minimum Gasteiger partial charge on any atom is -0.355 e. The van der Waals surface area contributed by atoms with Gasteiger partial charge in [-0.1, -0.05) is 67.6 Å². The molecule has 1 N–H and O–H groups in total. The Morgan fingerprint density at radius 2 is 1.79 bits per heavy atom. The van der Waals surface area contributed by atoms with Crippen LogP contribution in [0.15, 0.2) is 72.8 Å². The number of nitrogens with one attached hydrogen (secondary N) is 1. The van der Waals surface area contributed by atoms with Crippen LogP contribution in [0.25, 0.3) is 16.9 Å². The lowest BCUT2D eigenvalue weighted by atomic mass is 9.99. The highest BCUT2D eigenvalue weighted by Gasteiger charge is 2.38. The summed E-state index contributed by atoms with van der Waals surface area (Å²) in [6, 6.07) is 22.3. The summed E-state index contributed by atoms with van der Waals surface area (Å²) in [5.74, 6) is -0.229. The monoisotopic (exact) mass is 542 g/mol. The average molecular weight is 543 g/mol. The summed E-state index contributed by atoms with van der Waals surface area (Å²) in [4.78, 5) is 28.2. The van der Waals surface area contributed by atoms with Crippen molar-refractivity contribution in [2.24, 2.45) is 0 Å². The second-order valence-electron chi connectivity index (χ2n) is 9.63. The van der Waals surface area contributed by atoms with Crippen LogP contribution in [-0.2, 0) is 9.59 Å². The van der Waals surface area contributed by atoms with E-state index in [1.54, 1.807) is 22.9 Å². The summed E-state index contributed by atoms with van der Waals surface area (Å²) in [5.41, 5.74) is 5.58. The number of thioether (sulfide) groups is 1. The third-order valence-corrected chi connectivity index (χ3v) is 8.24. The number of benzene rings is 3. The first-order chi connectivity index (χ1) is 18.9. The maximum Gasteiger partial charge on any atom is 0.240 e. The smallest absolute Gasteiger partial charge is 0.240 e. The Bertz CT molecular complexity index is 1520. The van der Waals surface area contributed by atoms with Crippen LogP contribution in [0.5, 0.6) is 0 Å². The molecule has 1 aliphatic rings. The number of rotatable bonds is 7. The summed E-state index contributed by atoms with van der Waals surface area (Å²) in [5, 5.41) is 7.47. The summed E-state index contributed by atoms with van der Waals surface area (Å²) >= 11 is 1.36. The molecule has 1 aromatic heterocycles. The van der Waals surface area contributed by atoms with Gasteiger partial charge in [0.2, 0.25) is 11.8 Å². The second-order valence-corrected chi connectivity index (χ2v) is 10.7. The minimum atomic E-state index is -0.511. The average Bonchev–Trinajstić information content (AvgIpc) is 3.27. The lowest BCUT2D eigenvalue weighted by molar-refractivity contribution is -0.122. The van der Waals surface area contributed by atoms with Crippen LogP contribution < -0.4 is 10.2 Å². The number of aromatic nitrogens is 2. The van der Waals surface area contributed by atoms with Crippen LogP contribution >= 0.6 is 11.8 Å². The van der Waals surface area contributed by atoms with Crippen LogP contribution in [0.1, 0.15) is 40.8 Å². The standard InChI is InChI=1S/C31H31FN4O2S/c1-4-17-33-26(37)18-35-27(38)19-39-30(23-14-8-9-15-24(23)32)28-29(22-12-6-5-7-13-22)34-36(31(28)35)25-16-10-11-20(2)21(25)3/h5-16,30H,4,17-19H2,1-3H3,(H,33,37)/t30-/m0/s1. The fourth-order valence-corrected chi connectivity index (χ4v) is 6.08. The molecule has 2 amide bonds. The molecule has 1 aliphatic heterocycles. The van der Waals surface area contributed by atoms with Gasteiger partial charge in [0.1, 0.15) is 18.2 Å². The zero-order valence-corrected chi connectivity index (χ0v) is 23.1. The number of fused-ring (bicyclic) bond motifs is 1. The Balaban J connectivity index is 1.83. The molecular weight excluding hydrogens is 511 g/mol. The molecular formula is C31H31FN4O2S. The van der Waals surface area contributed by atoms with Gasteiger partial charge in [-0.2, -0.15) is 5.10 Å². The van der Waals surface area contributed by atoms with Crippen LogP contribution in [0.4, 0.5) is 10.2 Å². The number of carbonyl (C=O) groups is 2. The predicted molar refractivity (Wildman–Crippen MR) is 155 cm³/mol. The molecule has 0 bridgehead atoms. The number of aryl methyl sites for hydroxylation is 1. The summed E-state index contributed by atoms with van der Waals surface area (Å²) < 4.78 is 17.1. The van der Waals surface area contributed by atoms with Gasteiger partial charge in [-0.3, -0.25) is 14.5 Å². The first kappa shape index (κ1) is 26.7. The van der Waals surface area contributed by atoms with Crippen molar-refractivity contribution >= 4 is 29.4 Å². The van der Waals surface area contributed by atoms with Crippen LogP contribution in [-0.4, -0.2) is 40.4 Å². The fourth-order valence-electron chi connectivity index (χ4n) is 4.86. The molecule has 39 heavy (non-hydrogen) atoms. The van der Waals surface area contributed by atoms with Crippen molar-refractivity contribution in [2.75, 3.05) is 23.7 Å². The third-order valence-electron chi connectivity index (χ3n) is 7.00. The van der Waals surface area contributed by atoms with E-state index in [2.05, 4.69) is 5.32 Å². The number of hydrogen-bond donors (Lipinski definition) is 1. The van der Waals surface area contributed by atoms with Crippen LogP contribution in [0.2, 0.25) is 0 Å². The summed E-state index contributed by atoms with van der Waals surface area (Å²) in [7, 11) is 0. The Morgan fingerprint density at radius 3 is 2.54 bits per heavy atom. The molecule has 4 aromatic rings. The van der Waals surface area contributed by atoms with Crippen molar-refractivity contribution < 1.29 is 14.0 Å². The number of carbonyl (C=O) groups excluding carboxylic acids is 2. The Labute approximate surface area is 232 Å². The van der Waals surface area contributed by atoms with Crippen LogP contribution in [0.3, 0.4) is 0 Å². The number of nitrogens with zero attached hydrogens (tertiary/aromatic N) is 3. The van der Waals surface area contributed by atoms with Crippen molar-refractivity contribution in [3.05, 3.63) is 101 Å². The zero-order chi connectivity index (χ0) is 27.5. The number of halogens is 1. The second kappa shape index (κ2) is 11.5. The Hall–Kier alpha value is -3.91. The van der Waals surface area contributed by atoms with E-state index in [0.717, 1.165) is 28.8 Å². The SMILES string of the molecule is CCCNC(=O)CN1C(=O)CS[C@@H](c2ccccc2F)c2c(-c3ccccc3)nn(-c3cccc(C)c3C)c21. The fraction of sp³-hybridized carbons (Fsp3) is 0.258. The van der Waals surface area contributed by atoms with E-state index < -0.39 is 5.25 Å². The molecule has 8 heteroatoms. The van der Waals surface area contributed by atoms with Gasteiger partial charge >= 0.3 is 0 Å². The van der Waals surface area contributed by atoms with Gasteiger partial charge in [-0.05, 0) is 43.5 Å². The largest absolute Gasteiger partial charge is 0.355 e. The quantitative estimate of drug-likeness (QED) is 0.312. The molecule has 1 atom stereocenters. The number of hydrogen-bond acceptors (Lipinski definition) is 4. The molecule has 6 nitrogen and oxygen atoms in total. The van der Waals surface area contributed by atoms with Gasteiger partial charge in [-0.15, -0.1) is 11.8 Å². The third kappa shape index (κ3) is 5.21. The van der Waals surface area contributed by atoms with Crippen molar-refractivity contribution in [1.29, 1.82) is 0 Å². The van der Waals surface area contributed by atoms with Gasteiger partial charge in [0.25, 0.3) is 0 Å². The van der Waals surface area contributed by atoms with Crippen molar-refractivity contribution in [2.45, 2.75) is 32.4 Å². The molecule has 5 rings (SSSR count). The summed E-state index contributed by atoms with van der Waals surface area (Å²) in [6.45, 7) is 6.39. The zero-order valence-electron chi connectivity index (χ0n) is 22.3. The maximum absolute atomic E-state index is 15.3. The predicted octanol–water partition coefficient (Wildman–Crippen LogP) is 5.99. The van der Waals surface area contributed by atoms with Gasteiger partial charge in [0, 0.05) is 23.2 Å². The van der Waals surface area contributed by atoms with E-state index in [1.165, 1.54) is 22.7 Å². The molecule has 0 fully saturated rings. The minimum absolute atomic E-state index is 0.0930. The molecule has 2 heterocycles. The van der Waals surface area contributed by atoms with E-state index in [4.69, 9.17) is 5.10 Å². The number of anilines is 1. The van der Waals surface area contributed by atoms with Gasteiger partial charge in [-0.25, -0.2) is 9.07 Å².